The van der Waals surface area contributed by atoms with Crippen molar-refractivity contribution in [3.63, 3.8) is 0 Å². The van der Waals surface area contributed by atoms with Gasteiger partial charge in [0.25, 0.3) is 0 Å². The number of allylic oxidation sites excluding steroid dienone is 1. The molecule has 0 aromatic heterocycles. The predicted molar refractivity (Wildman–Crippen MR) is 109 cm³/mol. The molecule has 0 fully saturated rings. The molecule has 0 spiro atoms. The maximum Gasteiger partial charge on any atom is 0.180 e. The summed E-state index contributed by atoms with van der Waals surface area (Å²) in [6.07, 6.45) is 5.62. The highest BCUT2D eigenvalue weighted by molar-refractivity contribution is 7.91. The van der Waals surface area contributed by atoms with E-state index < -0.39 is 15.4 Å². The largest absolute Gasteiger partial charge is 0.497 e. The van der Waals surface area contributed by atoms with Crippen LogP contribution in [0.2, 0.25) is 0 Å². The molecule has 2 atom stereocenters. The number of fused-ring (bicyclic) bond motifs is 1. The van der Waals surface area contributed by atoms with Crippen LogP contribution < -0.4 is 10.1 Å². The molecule has 1 heterocycles. The van der Waals surface area contributed by atoms with Gasteiger partial charge in [-0.2, -0.15) is 0 Å². The lowest BCUT2D eigenvalue weighted by Crippen LogP contribution is -2.48. The SMILES string of the molecule is CC/C=C/[C@@]1(CC)CS(=O)(=O)c2cc(OC)ccc2[C@H](c2ccccc2)N1. The number of hydrogen-bond acceptors (Lipinski definition) is 4. The van der Waals surface area contributed by atoms with Crippen LogP contribution in [0.5, 0.6) is 5.75 Å². The van der Waals surface area contributed by atoms with Gasteiger partial charge >= 0.3 is 0 Å². The van der Waals surface area contributed by atoms with Crippen molar-refractivity contribution in [2.45, 2.75) is 43.2 Å². The first-order valence-corrected chi connectivity index (χ1v) is 11.0. The van der Waals surface area contributed by atoms with Crippen LogP contribution in [0.1, 0.15) is 43.9 Å². The van der Waals surface area contributed by atoms with Gasteiger partial charge in [0.05, 0.1) is 29.3 Å². The number of rotatable bonds is 5. The van der Waals surface area contributed by atoms with E-state index in [1.807, 2.05) is 61.5 Å². The Morgan fingerprint density at radius 2 is 1.93 bits per heavy atom. The molecule has 0 bridgehead atoms. The van der Waals surface area contributed by atoms with Crippen molar-refractivity contribution >= 4 is 9.84 Å². The van der Waals surface area contributed by atoms with Crippen LogP contribution in [0, 0.1) is 0 Å². The van der Waals surface area contributed by atoms with Gasteiger partial charge in [0.1, 0.15) is 5.75 Å². The van der Waals surface area contributed by atoms with Crippen molar-refractivity contribution in [1.82, 2.24) is 5.32 Å². The minimum absolute atomic E-state index is 0.0243. The van der Waals surface area contributed by atoms with Crippen molar-refractivity contribution < 1.29 is 13.2 Å². The molecule has 0 saturated carbocycles. The number of methoxy groups -OCH3 is 1. The fraction of sp³-hybridized carbons (Fsp3) is 0.364. The topological polar surface area (TPSA) is 55.4 Å². The van der Waals surface area contributed by atoms with Crippen molar-refractivity contribution in [2.24, 2.45) is 0 Å². The van der Waals surface area contributed by atoms with Crippen molar-refractivity contribution in [3.8, 4) is 5.75 Å². The predicted octanol–water partition coefficient (Wildman–Crippen LogP) is 4.28. The van der Waals surface area contributed by atoms with E-state index in [4.69, 9.17) is 4.74 Å². The highest BCUT2D eigenvalue weighted by atomic mass is 32.2. The van der Waals surface area contributed by atoms with Crippen LogP contribution in [-0.2, 0) is 9.84 Å². The van der Waals surface area contributed by atoms with Crippen molar-refractivity contribution in [3.05, 3.63) is 71.8 Å². The van der Waals surface area contributed by atoms with E-state index in [0.717, 1.165) is 17.5 Å². The van der Waals surface area contributed by atoms with E-state index in [0.29, 0.717) is 17.1 Å². The minimum Gasteiger partial charge on any atom is -0.497 e. The highest BCUT2D eigenvalue weighted by Crippen LogP contribution is 2.38. The molecular weight excluding hydrogens is 358 g/mol. The number of nitrogens with one attached hydrogen (secondary N) is 1. The molecule has 1 aliphatic heterocycles. The van der Waals surface area contributed by atoms with Crippen LogP contribution in [0.15, 0.2) is 65.6 Å². The average molecular weight is 386 g/mol. The van der Waals surface area contributed by atoms with Crippen LogP contribution >= 0.6 is 0 Å². The summed E-state index contributed by atoms with van der Waals surface area (Å²) >= 11 is 0. The summed E-state index contributed by atoms with van der Waals surface area (Å²) in [5, 5.41) is 3.67. The van der Waals surface area contributed by atoms with Crippen LogP contribution in [0.4, 0.5) is 0 Å². The zero-order valence-electron chi connectivity index (χ0n) is 16.1. The summed E-state index contributed by atoms with van der Waals surface area (Å²) < 4.78 is 32.0. The number of benzene rings is 2. The Morgan fingerprint density at radius 3 is 2.56 bits per heavy atom. The molecule has 1 N–H and O–H groups in total. The summed E-state index contributed by atoms with van der Waals surface area (Å²) in [6.45, 7) is 4.08. The smallest absolute Gasteiger partial charge is 0.180 e. The number of ether oxygens (including phenoxy) is 1. The van der Waals surface area contributed by atoms with E-state index in [1.165, 1.54) is 0 Å². The van der Waals surface area contributed by atoms with Crippen LogP contribution in [0.3, 0.4) is 0 Å². The average Bonchev–Trinajstić information content (AvgIpc) is 2.79. The molecule has 2 aromatic rings. The highest BCUT2D eigenvalue weighted by Gasteiger charge is 2.40. The van der Waals surface area contributed by atoms with Gasteiger partial charge in [0.15, 0.2) is 9.84 Å². The third kappa shape index (κ3) is 3.94. The second kappa shape index (κ2) is 7.87. The molecule has 4 nitrogen and oxygen atoms in total. The fourth-order valence-electron chi connectivity index (χ4n) is 3.64. The summed E-state index contributed by atoms with van der Waals surface area (Å²) in [7, 11) is -1.94. The second-order valence-electron chi connectivity index (χ2n) is 6.97. The molecule has 144 valence electrons. The van der Waals surface area contributed by atoms with Gasteiger partial charge in [-0.15, -0.1) is 0 Å². The maximum absolute atomic E-state index is 13.3. The van der Waals surface area contributed by atoms with E-state index in [1.54, 1.807) is 13.2 Å². The van der Waals surface area contributed by atoms with Crippen LogP contribution in [-0.4, -0.2) is 26.8 Å². The third-order valence-corrected chi connectivity index (χ3v) is 7.10. The van der Waals surface area contributed by atoms with Gasteiger partial charge in [0.2, 0.25) is 0 Å². The van der Waals surface area contributed by atoms with Gasteiger partial charge < -0.3 is 4.74 Å². The molecule has 0 unspecified atom stereocenters. The Kier molecular flexibility index (Phi) is 5.72. The maximum atomic E-state index is 13.3. The zero-order valence-corrected chi connectivity index (χ0v) is 16.9. The summed E-state index contributed by atoms with van der Waals surface area (Å²) in [5.41, 5.74) is 1.19. The fourth-order valence-corrected chi connectivity index (χ4v) is 5.70. The molecule has 27 heavy (non-hydrogen) atoms. The first kappa shape index (κ1) is 19.6. The summed E-state index contributed by atoms with van der Waals surface area (Å²) in [5.74, 6) is 0.577. The summed E-state index contributed by atoms with van der Waals surface area (Å²) in [4.78, 5) is 0.350. The van der Waals surface area contributed by atoms with Crippen molar-refractivity contribution in [1.29, 1.82) is 0 Å². The summed E-state index contributed by atoms with van der Waals surface area (Å²) in [6, 6.07) is 15.1. The molecule has 0 aliphatic carbocycles. The standard InChI is InChI=1S/C22H27NO3S/c1-4-6-14-22(5-2)16-27(24,25)20-15-18(26-3)12-13-19(20)21(23-22)17-10-8-7-9-11-17/h6-15,21,23H,4-5,16H2,1-3H3/b14-6+/t21-,22-/m0/s1. The minimum atomic E-state index is -3.50. The third-order valence-electron chi connectivity index (χ3n) is 5.18. The lowest BCUT2D eigenvalue weighted by atomic mass is 9.91. The van der Waals surface area contributed by atoms with Crippen LogP contribution in [0.25, 0.3) is 0 Å². The van der Waals surface area contributed by atoms with Crippen molar-refractivity contribution in [2.75, 3.05) is 12.9 Å². The normalized spacial score (nSPS) is 24.3. The molecular formula is C22H27NO3S. The Hall–Kier alpha value is -2.11. The van der Waals surface area contributed by atoms with E-state index in [-0.39, 0.29) is 11.8 Å². The Balaban J connectivity index is 2.25. The van der Waals surface area contributed by atoms with Gasteiger partial charge in [-0.1, -0.05) is 62.4 Å². The number of sulfone groups is 1. The quantitative estimate of drug-likeness (QED) is 0.781. The Morgan fingerprint density at radius 1 is 1.19 bits per heavy atom. The van der Waals surface area contributed by atoms with Gasteiger partial charge in [0, 0.05) is 0 Å². The monoisotopic (exact) mass is 385 g/mol. The first-order valence-electron chi connectivity index (χ1n) is 9.35. The van der Waals surface area contributed by atoms with Gasteiger partial charge in [-0.25, -0.2) is 8.42 Å². The first-order chi connectivity index (χ1) is 12.9. The van der Waals surface area contributed by atoms with Gasteiger partial charge in [-0.05, 0) is 36.1 Å². The molecule has 3 rings (SSSR count). The van der Waals surface area contributed by atoms with E-state index in [9.17, 15) is 8.42 Å². The van der Waals surface area contributed by atoms with E-state index >= 15 is 0 Å². The molecule has 0 radical (unpaired) electrons. The molecule has 2 aromatic carbocycles. The second-order valence-corrected chi connectivity index (χ2v) is 8.93. The molecule has 1 aliphatic rings. The number of hydrogen-bond donors (Lipinski definition) is 1. The lowest BCUT2D eigenvalue weighted by molar-refractivity contribution is 0.393. The van der Waals surface area contributed by atoms with E-state index in [2.05, 4.69) is 12.2 Å². The molecule has 0 amide bonds. The van der Waals surface area contributed by atoms with Gasteiger partial charge in [-0.3, -0.25) is 5.32 Å². The molecule has 5 heteroatoms. The lowest BCUT2D eigenvalue weighted by Gasteiger charge is -2.33. The zero-order chi connectivity index (χ0) is 19.5. The Labute approximate surface area is 162 Å². The Bertz CT molecular complexity index is 922. The molecule has 0 saturated heterocycles.